The van der Waals surface area contributed by atoms with E-state index >= 15 is 0 Å². The van der Waals surface area contributed by atoms with Crippen molar-refractivity contribution in [3.8, 4) is 0 Å². The average Bonchev–Trinajstić information content (AvgIpc) is 2.28. The Morgan fingerprint density at radius 2 is 2.00 bits per heavy atom. The summed E-state index contributed by atoms with van der Waals surface area (Å²) < 4.78 is 5.86. The minimum atomic E-state index is -0.331. The monoisotopic (exact) mass is 314 g/mol. The van der Waals surface area contributed by atoms with E-state index in [-0.39, 0.29) is 10.6 Å². The molecule has 0 aromatic heterocycles. The van der Waals surface area contributed by atoms with E-state index in [1.807, 2.05) is 13.0 Å². The third-order valence-corrected chi connectivity index (χ3v) is 3.77. The molecule has 5 nitrogen and oxygen atoms in total. The SMILES string of the molecule is Cc1cc(Br)c([N+](=O)[O-])c(C)c1N1CCOCC1. The molecule has 2 rings (SSSR count). The zero-order valence-electron chi connectivity index (χ0n) is 10.4. The molecule has 0 saturated carbocycles. The van der Waals surface area contributed by atoms with Crippen LogP contribution in [0.1, 0.15) is 11.1 Å². The second-order valence-corrected chi connectivity index (χ2v) is 5.21. The summed E-state index contributed by atoms with van der Waals surface area (Å²) in [5, 5.41) is 11.1. The van der Waals surface area contributed by atoms with Crippen LogP contribution in [0.3, 0.4) is 0 Å². The largest absolute Gasteiger partial charge is 0.378 e. The van der Waals surface area contributed by atoms with Crippen molar-refractivity contribution < 1.29 is 9.66 Å². The van der Waals surface area contributed by atoms with E-state index in [4.69, 9.17) is 4.74 Å². The molecule has 1 aliphatic heterocycles. The molecule has 0 spiro atoms. The molecule has 0 N–H and O–H groups in total. The molecule has 0 amide bonds. The molecular formula is C12H15BrN2O3. The lowest BCUT2D eigenvalue weighted by molar-refractivity contribution is -0.386. The maximum atomic E-state index is 11.1. The van der Waals surface area contributed by atoms with E-state index in [9.17, 15) is 10.1 Å². The average molecular weight is 315 g/mol. The highest BCUT2D eigenvalue weighted by Gasteiger charge is 2.24. The first-order valence-corrected chi connectivity index (χ1v) is 6.58. The molecule has 1 aromatic rings. The molecule has 18 heavy (non-hydrogen) atoms. The van der Waals surface area contributed by atoms with Gasteiger partial charge in [0.1, 0.15) is 0 Å². The molecule has 1 aliphatic rings. The molecule has 1 saturated heterocycles. The first-order chi connectivity index (χ1) is 8.52. The molecule has 98 valence electrons. The highest BCUT2D eigenvalue weighted by molar-refractivity contribution is 9.10. The van der Waals surface area contributed by atoms with E-state index in [1.54, 1.807) is 6.92 Å². The summed E-state index contributed by atoms with van der Waals surface area (Å²) in [5.74, 6) is 0. The topological polar surface area (TPSA) is 55.6 Å². The van der Waals surface area contributed by atoms with Gasteiger partial charge in [-0.2, -0.15) is 0 Å². The van der Waals surface area contributed by atoms with Crippen LogP contribution in [0.5, 0.6) is 0 Å². The minimum Gasteiger partial charge on any atom is -0.378 e. The lowest BCUT2D eigenvalue weighted by Gasteiger charge is -2.31. The highest BCUT2D eigenvalue weighted by atomic mass is 79.9. The lowest BCUT2D eigenvalue weighted by atomic mass is 10.1. The summed E-state index contributed by atoms with van der Waals surface area (Å²) in [4.78, 5) is 13.0. The van der Waals surface area contributed by atoms with E-state index in [0.717, 1.165) is 24.3 Å². The number of nitro groups is 1. The molecule has 1 fully saturated rings. The van der Waals surface area contributed by atoms with E-state index in [1.165, 1.54) is 0 Å². The van der Waals surface area contributed by atoms with E-state index in [0.29, 0.717) is 23.2 Å². The lowest BCUT2D eigenvalue weighted by Crippen LogP contribution is -2.37. The van der Waals surface area contributed by atoms with Crippen LogP contribution >= 0.6 is 15.9 Å². The van der Waals surface area contributed by atoms with Crippen LogP contribution < -0.4 is 4.90 Å². The molecule has 0 aliphatic carbocycles. The van der Waals surface area contributed by atoms with Gasteiger partial charge in [-0.15, -0.1) is 0 Å². The van der Waals surface area contributed by atoms with Crippen molar-refractivity contribution in [1.29, 1.82) is 0 Å². The van der Waals surface area contributed by atoms with Gasteiger partial charge in [0.25, 0.3) is 5.69 Å². The molecule has 0 bridgehead atoms. The summed E-state index contributed by atoms with van der Waals surface area (Å²) in [5.41, 5.74) is 2.89. The quantitative estimate of drug-likeness (QED) is 0.622. The van der Waals surface area contributed by atoms with Crippen LogP contribution in [-0.4, -0.2) is 31.2 Å². The first-order valence-electron chi connectivity index (χ1n) is 5.79. The van der Waals surface area contributed by atoms with Crippen molar-refractivity contribution in [2.45, 2.75) is 13.8 Å². The third kappa shape index (κ3) is 2.35. The number of nitro benzene ring substituents is 1. The Hall–Kier alpha value is -1.14. The highest BCUT2D eigenvalue weighted by Crippen LogP contribution is 2.38. The summed E-state index contributed by atoms with van der Waals surface area (Å²) in [6.45, 7) is 6.68. The Morgan fingerprint density at radius 3 is 2.56 bits per heavy atom. The number of halogens is 1. The fraction of sp³-hybridized carbons (Fsp3) is 0.500. The predicted molar refractivity (Wildman–Crippen MR) is 73.3 cm³/mol. The Morgan fingerprint density at radius 1 is 1.39 bits per heavy atom. The third-order valence-electron chi connectivity index (χ3n) is 3.16. The number of hydrogen-bond donors (Lipinski definition) is 0. The number of morpholine rings is 1. The normalized spacial score (nSPS) is 15.8. The Balaban J connectivity index is 2.52. The van der Waals surface area contributed by atoms with Gasteiger partial charge in [-0.3, -0.25) is 10.1 Å². The predicted octanol–water partition coefficient (Wildman–Crippen LogP) is 2.81. The number of nitrogens with zero attached hydrogens (tertiary/aromatic N) is 2. The minimum absolute atomic E-state index is 0.155. The summed E-state index contributed by atoms with van der Waals surface area (Å²) in [6.07, 6.45) is 0. The molecule has 0 atom stereocenters. The summed E-state index contributed by atoms with van der Waals surface area (Å²) in [7, 11) is 0. The maximum Gasteiger partial charge on any atom is 0.288 e. The van der Waals surface area contributed by atoms with Crippen molar-refractivity contribution in [3.63, 3.8) is 0 Å². The van der Waals surface area contributed by atoms with Crippen LogP contribution in [0.25, 0.3) is 0 Å². The Bertz CT molecular complexity index is 485. The number of rotatable bonds is 2. The zero-order chi connectivity index (χ0) is 13.3. The van der Waals surface area contributed by atoms with Crippen molar-refractivity contribution in [2.24, 2.45) is 0 Å². The van der Waals surface area contributed by atoms with Crippen molar-refractivity contribution >= 4 is 27.3 Å². The van der Waals surface area contributed by atoms with Gasteiger partial charge in [0, 0.05) is 18.8 Å². The molecule has 0 unspecified atom stereocenters. The maximum absolute atomic E-state index is 11.1. The summed E-state index contributed by atoms with van der Waals surface area (Å²) in [6, 6.07) is 1.82. The van der Waals surface area contributed by atoms with Gasteiger partial charge in [0.2, 0.25) is 0 Å². The second-order valence-electron chi connectivity index (χ2n) is 4.35. The number of ether oxygens (including phenoxy) is 1. The Labute approximate surface area is 114 Å². The van der Waals surface area contributed by atoms with Crippen LogP contribution in [0, 0.1) is 24.0 Å². The smallest absolute Gasteiger partial charge is 0.288 e. The Kier molecular flexibility index (Phi) is 3.87. The number of hydrogen-bond acceptors (Lipinski definition) is 4. The van der Waals surface area contributed by atoms with E-state index < -0.39 is 0 Å². The van der Waals surface area contributed by atoms with Crippen LogP contribution in [0.15, 0.2) is 10.5 Å². The van der Waals surface area contributed by atoms with Gasteiger partial charge in [0.05, 0.1) is 28.2 Å². The van der Waals surface area contributed by atoms with Gasteiger partial charge in [-0.05, 0) is 41.4 Å². The van der Waals surface area contributed by atoms with Gasteiger partial charge < -0.3 is 9.64 Å². The number of benzene rings is 1. The molecule has 0 radical (unpaired) electrons. The fourth-order valence-electron chi connectivity index (χ4n) is 2.41. The second kappa shape index (κ2) is 5.24. The number of aryl methyl sites for hydroxylation is 1. The molecular weight excluding hydrogens is 300 g/mol. The standard InChI is InChI=1S/C12H15BrN2O3/c1-8-7-10(13)12(15(16)17)9(2)11(8)14-3-5-18-6-4-14/h7H,3-6H2,1-2H3. The molecule has 1 heterocycles. The van der Waals surface area contributed by atoms with E-state index in [2.05, 4.69) is 20.8 Å². The van der Waals surface area contributed by atoms with Crippen molar-refractivity contribution in [3.05, 3.63) is 31.8 Å². The number of anilines is 1. The van der Waals surface area contributed by atoms with Gasteiger partial charge in [-0.1, -0.05) is 0 Å². The van der Waals surface area contributed by atoms with Crippen LogP contribution in [0.2, 0.25) is 0 Å². The van der Waals surface area contributed by atoms with Gasteiger partial charge in [0.15, 0.2) is 0 Å². The van der Waals surface area contributed by atoms with Crippen molar-refractivity contribution in [2.75, 3.05) is 31.2 Å². The van der Waals surface area contributed by atoms with Gasteiger partial charge in [-0.25, -0.2) is 0 Å². The first kappa shape index (κ1) is 13.3. The zero-order valence-corrected chi connectivity index (χ0v) is 12.0. The van der Waals surface area contributed by atoms with Crippen LogP contribution in [-0.2, 0) is 4.74 Å². The molecule has 6 heteroatoms. The van der Waals surface area contributed by atoms with Gasteiger partial charge >= 0.3 is 0 Å². The fourth-order valence-corrected chi connectivity index (χ4v) is 3.20. The van der Waals surface area contributed by atoms with Crippen molar-refractivity contribution in [1.82, 2.24) is 0 Å². The summed E-state index contributed by atoms with van der Waals surface area (Å²) >= 11 is 3.27. The van der Waals surface area contributed by atoms with Crippen LogP contribution in [0.4, 0.5) is 11.4 Å². The molecule has 1 aromatic carbocycles.